The average molecular weight is 307 g/mol. The van der Waals surface area contributed by atoms with Gasteiger partial charge in [-0.1, -0.05) is 30.3 Å². The number of imidazole rings is 1. The molecule has 4 heteroatoms. The Bertz CT molecular complexity index is 778. The molecule has 4 nitrogen and oxygen atoms in total. The molecule has 1 saturated heterocycles. The number of aromatic nitrogens is 2. The molecule has 1 unspecified atom stereocenters. The van der Waals surface area contributed by atoms with E-state index in [1.807, 2.05) is 24.3 Å². The minimum absolute atomic E-state index is 0.465. The Balaban J connectivity index is 1.61. The fraction of sp³-hybridized carbons (Fsp3) is 0.316. The largest absolute Gasteiger partial charge is 0.496 e. The molecule has 2 aromatic carbocycles. The van der Waals surface area contributed by atoms with Gasteiger partial charge in [0.15, 0.2) is 0 Å². The molecule has 1 N–H and O–H groups in total. The maximum absolute atomic E-state index is 5.50. The highest BCUT2D eigenvalue weighted by atomic mass is 16.5. The first-order valence-electron chi connectivity index (χ1n) is 8.18. The van der Waals surface area contributed by atoms with Gasteiger partial charge in [-0.15, -0.1) is 0 Å². The lowest BCUT2D eigenvalue weighted by atomic mass is 10.0. The smallest absolute Gasteiger partial charge is 0.204 e. The van der Waals surface area contributed by atoms with Crippen LogP contribution in [0.3, 0.4) is 0 Å². The summed E-state index contributed by atoms with van der Waals surface area (Å²) in [5, 5.41) is 0. The first-order chi connectivity index (χ1) is 11.3. The predicted octanol–water partition coefficient (Wildman–Crippen LogP) is 3.78. The molecule has 0 radical (unpaired) electrons. The number of nitrogens with one attached hydrogen (secondary N) is 1. The molecule has 0 saturated carbocycles. The molecule has 2 heterocycles. The third kappa shape index (κ3) is 2.65. The van der Waals surface area contributed by atoms with Gasteiger partial charge >= 0.3 is 0 Å². The summed E-state index contributed by atoms with van der Waals surface area (Å²) in [6.07, 6.45) is 3.38. The maximum atomic E-state index is 5.50. The molecular weight excluding hydrogens is 286 g/mol. The van der Waals surface area contributed by atoms with Crippen LogP contribution in [0.5, 0.6) is 5.75 Å². The van der Waals surface area contributed by atoms with Crippen molar-refractivity contribution < 1.29 is 4.74 Å². The molecule has 0 bridgehead atoms. The Kier molecular flexibility index (Phi) is 3.66. The number of H-pyrrole nitrogens is 1. The number of fused-ring (bicyclic) bond motifs is 1. The topological polar surface area (TPSA) is 41.1 Å². The second-order valence-corrected chi connectivity index (χ2v) is 6.08. The number of nitrogens with zero attached hydrogens (tertiary/aromatic N) is 2. The summed E-state index contributed by atoms with van der Waals surface area (Å²) < 4.78 is 5.50. The van der Waals surface area contributed by atoms with Gasteiger partial charge < -0.3 is 14.6 Å². The van der Waals surface area contributed by atoms with E-state index in [4.69, 9.17) is 9.72 Å². The minimum Gasteiger partial charge on any atom is -0.496 e. The second kappa shape index (κ2) is 5.95. The molecule has 0 amide bonds. The second-order valence-electron chi connectivity index (χ2n) is 6.08. The fourth-order valence-electron chi connectivity index (χ4n) is 3.53. The summed E-state index contributed by atoms with van der Waals surface area (Å²) >= 11 is 0. The number of aromatic amines is 1. The van der Waals surface area contributed by atoms with E-state index in [9.17, 15) is 0 Å². The van der Waals surface area contributed by atoms with Crippen molar-refractivity contribution in [2.24, 2.45) is 0 Å². The van der Waals surface area contributed by atoms with Gasteiger partial charge in [-0.25, -0.2) is 4.98 Å². The Morgan fingerprint density at radius 2 is 2.00 bits per heavy atom. The number of para-hydroxylation sites is 3. The van der Waals surface area contributed by atoms with Crippen molar-refractivity contribution in [2.75, 3.05) is 18.6 Å². The monoisotopic (exact) mass is 307 g/mol. The predicted molar refractivity (Wildman–Crippen MR) is 93.2 cm³/mol. The van der Waals surface area contributed by atoms with Crippen molar-refractivity contribution in [2.45, 2.75) is 25.3 Å². The van der Waals surface area contributed by atoms with Gasteiger partial charge in [-0.2, -0.15) is 0 Å². The van der Waals surface area contributed by atoms with Crippen LogP contribution in [0.2, 0.25) is 0 Å². The molecule has 23 heavy (non-hydrogen) atoms. The number of ether oxygens (including phenoxy) is 1. The van der Waals surface area contributed by atoms with Crippen molar-refractivity contribution in [1.29, 1.82) is 0 Å². The Morgan fingerprint density at radius 3 is 2.87 bits per heavy atom. The van der Waals surface area contributed by atoms with Crippen LogP contribution in [0.1, 0.15) is 18.4 Å². The standard InChI is InChI=1S/C19H21N3O/c1-23-18-11-5-2-7-14(18)13-15-8-6-12-22(15)19-20-16-9-3-4-10-17(16)21-19/h2-5,7,9-11,15H,6,8,12-13H2,1H3,(H,20,21). The lowest BCUT2D eigenvalue weighted by Crippen LogP contribution is -2.31. The van der Waals surface area contributed by atoms with E-state index in [1.165, 1.54) is 18.4 Å². The summed E-state index contributed by atoms with van der Waals surface area (Å²) in [7, 11) is 1.74. The molecular formula is C19H21N3O. The van der Waals surface area contributed by atoms with Gasteiger partial charge in [-0.05, 0) is 43.0 Å². The summed E-state index contributed by atoms with van der Waals surface area (Å²) in [5.41, 5.74) is 3.40. The summed E-state index contributed by atoms with van der Waals surface area (Å²) in [6, 6.07) is 17.0. The van der Waals surface area contributed by atoms with Crippen LogP contribution in [0.25, 0.3) is 11.0 Å². The van der Waals surface area contributed by atoms with E-state index < -0.39 is 0 Å². The van der Waals surface area contributed by atoms with Crippen LogP contribution in [0.4, 0.5) is 5.95 Å². The van der Waals surface area contributed by atoms with Gasteiger partial charge in [0.2, 0.25) is 5.95 Å². The molecule has 1 aromatic heterocycles. The Hall–Kier alpha value is -2.49. The zero-order chi connectivity index (χ0) is 15.6. The van der Waals surface area contributed by atoms with Crippen LogP contribution in [0.15, 0.2) is 48.5 Å². The zero-order valence-corrected chi connectivity index (χ0v) is 13.3. The van der Waals surface area contributed by atoms with Crippen molar-refractivity contribution >= 4 is 17.0 Å². The summed E-state index contributed by atoms with van der Waals surface area (Å²) in [6.45, 7) is 1.06. The normalized spacial score (nSPS) is 17.8. The van der Waals surface area contributed by atoms with E-state index in [-0.39, 0.29) is 0 Å². The first kappa shape index (κ1) is 14.1. The van der Waals surface area contributed by atoms with E-state index in [1.54, 1.807) is 7.11 Å². The van der Waals surface area contributed by atoms with Gasteiger partial charge in [0.05, 0.1) is 18.1 Å². The summed E-state index contributed by atoms with van der Waals surface area (Å²) in [5.74, 6) is 1.97. The zero-order valence-electron chi connectivity index (χ0n) is 13.3. The number of benzene rings is 2. The lowest BCUT2D eigenvalue weighted by Gasteiger charge is -2.24. The maximum Gasteiger partial charge on any atom is 0.204 e. The molecule has 1 aliphatic rings. The molecule has 1 aliphatic heterocycles. The van der Waals surface area contributed by atoms with E-state index >= 15 is 0 Å². The molecule has 0 spiro atoms. The quantitative estimate of drug-likeness (QED) is 0.797. The van der Waals surface area contributed by atoms with Crippen LogP contribution in [0, 0.1) is 0 Å². The molecule has 3 aromatic rings. The number of anilines is 1. The van der Waals surface area contributed by atoms with Crippen molar-refractivity contribution in [3.63, 3.8) is 0 Å². The Labute approximate surface area is 136 Å². The van der Waals surface area contributed by atoms with E-state index in [2.05, 4.69) is 34.1 Å². The Morgan fingerprint density at radius 1 is 1.17 bits per heavy atom. The lowest BCUT2D eigenvalue weighted by molar-refractivity contribution is 0.408. The molecule has 118 valence electrons. The first-order valence-corrected chi connectivity index (χ1v) is 8.18. The van der Waals surface area contributed by atoms with Crippen LogP contribution >= 0.6 is 0 Å². The SMILES string of the molecule is COc1ccccc1CC1CCCN1c1nc2ccccc2[nH]1. The highest BCUT2D eigenvalue weighted by molar-refractivity contribution is 5.77. The number of hydrogen-bond donors (Lipinski definition) is 1. The van der Waals surface area contributed by atoms with Gasteiger partial charge in [-0.3, -0.25) is 0 Å². The number of rotatable bonds is 4. The minimum atomic E-state index is 0.465. The van der Waals surface area contributed by atoms with Crippen molar-refractivity contribution in [1.82, 2.24) is 9.97 Å². The van der Waals surface area contributed by atoms with Crippen molar-refractivity contribution in [3.05, 3.63) is 54.1 Å². The molecule has 1 atom stereocenters. The van der Waals surface area contributed by atoms with Gasteiger partial charge in [0, 0.05) is 12.6 Å². The molecule has 1 fully saturated rings. The summed E-state index contributed by atoms with van der Waals surface area (Å²) in [4.78, 5) is 10.6. The third-order valence-corrected chi connectivity index (χ3v) is 4.67. The van der Waals surface area contributed by atoms with E-state index in [0.29, 0.717) is 6.04 Å². The van der Waals surface area contributed by atoms with Gasteiger partial charge in [0.25, 0.3) is 0 Å². The van der Waals surface area contributed by atoms with Crippen LogP contribution < -0.4 is 9.64 Å². The highest BCUT2D eigenvalue weighted by Gasteiger charge is 2.27. The van der Waals surface area contributed by atoms with E-state index in [0.717, 1.165) is 35.7 Å². The third-order valence-electron chi connectivity index (χ3n) is 4.67. The number of hydrogen-bond acceptors (Lipinski definition) is 3. The van der Waals surface area contributed by atoms with Crippen molar-refractivity contribution in [3.8, 4) is 5.75 Å². The molecule has 0 aliphatic carbocycles. The fourth-order valence-corrected chi connectivity index (χ4v) is 3.53. The number of methoxy groups -OCH3 is 1. The molecule has 4 rings (SSSR count). The van der Waals surface area contributed by atoms with Crippen LogP contribution in [-0.4, -0.2) is 29.7 Å². The van der Waals surface area contributed by atoms with Gasteiger partial charge in [0.1, 0.15) is 5.75 Å². The van der Waals surface area contributed by atoms with Crippen LogP contribution in [-0.2, 0) is 6.42 Å². The highest BCUT2D eigenvalue weighted by Crippen LogP contribution is 2.29. The average Bonchev–Trinajstić information content (AvgIpc) is 3.21.